The van der Waals surface area contributed by atoms with E-state index in [1.165, 1.54) is 57.7 Å². The number of methoxy groups -OCH3 is 4. The predicted octanol–water partition coefficient (Wildman–Crippen LogP) is 1.67. The van der Waals surface area contributed by atoms with Gasteiger partial charge in [-0.3, -0.25) is 0 Å². The van der Waals surface area contributed by atoms with Crippen molar-refractivity contribution in [1.29, 1.82) is 0 Å². The molecule has 0 bridgehead atoms. The van der Waals surface area contributed by atoms with Crippen LogP contribution in [0.3, 0.4) is 0 Å². The number of phenolic OH excluding ortho intramolecular Hbond substituents is 1. The first-order valence-corrected chi connectivity index (χ1v) is 11.5. The third-order valence-corrected chi connectivity index (χ3v) is 6.79. The van der Waals surface area contributed by atoms with E-state index in [0.717, 1.165) is 7.11 Å². The molecule has 2 amide bonds. The summed E-state index contributed by atoms with van der Waals surface area (Å²) in [5.74, 6) is -1.05. The number of ether oxygens (including phenoxy) is 4. The number of rotatable bonds is 8. The maximum Gasteiger partial charge on any atom is 0.338 e. The fraction of sp³-hybridized carbons (Fsp3) is 0.273. The summed E-state index contributed by atoms with van der Waals surface area (Å²) in [5, 5.41) is 14.9. The number of hydrogen-bond donors (Lipinski definition) is 3. The van der Waals surface area contributed by atoms with E-state index < -0.39 is 33.6 Å². The van der Waals surface area contributed by atoms with Gasteiger partial charge in [0.25, 0.3) is 0 Å². The molecule has 2 aromatic carbocycles. The Bertz CT molecular complexity index is 1260. The largest absolute Gasteiger partial charge is 0.504 e. The Morgan fingerprint density at radius 1 is 0.971 bits per heavy atom. The Labute approximate surface area is 196 Å². The van der Waals surface area contributed by atoms with Crippen LogP contribution >= 0.6 is 0 Å². The third-order valence-electron chi connectivity index (χ3n) is 5.14. The van der Waals surface area contributed by atoms with Gasteiger partial charge in [-0.25, -0.2) is 18.0 Å². The summed E-state index contributed by atoms with van der Waals surface area (Å²) >= 11 is 0. The summed E-state index contributed by atoms with van der Waals surface area (Å²) in [4.78, 5) is 25.0. The Kier molecular flexibility index (Phi) is 7.20. The molecule has 1 atom stereocenters. The molecule has 1 aliphatic rings. The minimum Gasteiger partial charge on any atom is -0.504 e. The fourth-order valence-corrected chi connectivity index (χ4v) is 4.83. The summed E-state index contributed by atoms with van der Waals surface area (Å²) in [6.45, 7) is 0. The highest BCUT2D eigenvalue weighted by molar-refractivity contribution is 7.91. The number of phenols is 1. The van der Waals surface area contributed by atoms with Crippen LogP contribution in [0.5, 0.6) is 23.0 Å². The lowest BCUT2D eigenvalue weighted by Gasteiger charge is -2.29. The zero-order chi connectivity index (χ0) is 25.0. The van der Waals surface area contributed by atoms with Crippen LogP contribution < -0.4 is 24.8 Å². The molecule has 0 saturated carbocycles. The highest BCUT2D eigenvalue weighted by Gasteiger charge is 2.36. The molecule has 11 nitrogen and oxygen atoms in total. The molecule has 0 saturated heterocycles. The number of carbonyl (C=O) groups is 2. The Morgan fingerprint density at radius 2 is 1.65 bits per heavy atom. The van der Waals surface area contributed by atoms with Gasteiger partial charge in [-0.15, -0.1) is 0 Å². The van der Waals surface area contributed by atoms with Gasteiger partial charge in [0.05, 0.1) is 50.7 Å². The number of benzene rings is 2. The van der Waals surface area contributed by atoms with Gasteiger partial charge < -0.3 is 34.7 Å². The first kappa shape index (κ1) is 24.7. The fourth-order valence-electron chi connectivity index (χ4n) is 3.49. The van der Waals surface area contributed by atoms with Crippen LogP contribution in [0.4, 0.5) is 4.79 Å². The SMILES string of the molecule is COC(=O)C1=C(CS(=O)(=O)c2ccc(OC)c(OC)c2)NC(=O)N[C@@H]1c1ccc(O)c(OC)c1. The van der Waals surface area contributed by atoms with Crippen molar-refractivity contribution in [2.75, 3.05) is 34.2 Å². The highest BCUT2D eigenvalue weighted by atomic mass is 32.2. The number of sulfone groups is 1. The van der Waals surface area contributed by atoms with Crippen molar-refractivity contribution < 1.29 is 42.1 Å². The van der Waals surface area contributed by atoms with Gasteiger partial charge in [0.2, 0.25) is 0 Å². The van der Waals surface area contributed by atoms with Crippen molar-refractivity contribution >= 4 is 21.8 Å². The van der Waals surface area contributed by atoms with Crippen LogP contribution in [0.25, 0.3) is 0 Å². The quantitative estimate of drug-likeness (QED) is 0.468. The zero-order valence-corrected chi connectivity index (χ0v) is 19.7. The topological polar surface area (TPSA) is 149 Å². The molecule has 0 spiro atoms. The Balaban J connectivity index is 2.11. The van der Waals surface area contributed by atoms with E-state index in [9.17, 15) is 23.1 Å². The van der Waals surface area contributed by atoms with E-state index >= 15 is 0 Å². The summed E-state index contributed by atoms with van der Waals surface area (Å²) in [7, 11) is 1.23. The van der Waals surface area contributed by atoms with Gasteiger partial charge in [0.1, 0.15) is 0 Å². The van der Waals surface area contributed by atoms with Crippen molar-refractivity contribution in [3.63, 3.8) is 0 Å². The van der Waals surface area contributed by atoms with Gasteiger partial charge in [0, 0.05) is 11.8 Å². The standard InChI is InChI=1S/C22H24N2O9S/c1-30-16-8-6-13(10-18(16)32-3)34(28,29)11-14-19(21(26)33-4)20(24-22(27)23-14)12-5-7-15(25)17(9-12)31-2/h5-10,20,25H,11H2,1-4H3,(H2,23,24,27)/t20-/m1/s1. The van der Waals surface area contributed by atoms with Crippen molar-refractivity contribution in [2.24, 2.45) is 0 Å². The van der Waals surface area contributed by atoms with Gasteiger partial charge in [-0.1, -0.05) is 6.07 Å². The van der Waals surface area contributed by atoms with Crippen LogP contribution in [-0.2, 0) is 19.4 Å². The zero-order valence-electron chi connectivity index (χ0n) is 18.9. The number of nitrogens with one attached hydrogen (secondary N) is 2. The molecule has 3 rings (SSSR count). The second-order valence-corrected chi connectivity index (χ2v) is 9.11. The first-order valence-electron chi connectivity index (χ1n) is 9.85. The van der Waals surface area contributed by atoms with Gasteiger partial charge in [0.15, 0.2) is 32.8 Å². The van der Waals surface area contributed by atoms with Crippen LogP contribution in [0.1, 0.15) is 11.6 Å². The van der Waals surface area contributed by atoms with Gasteiger partial charge in [-0.05, 0) is 29.8 Å². The Morgan fingerprint density at radius 3 is 2.26 bits per heavy atom. The predicted molar refractivity (Wildman–Crippen MR) is 120 cm³/mol. The molecule has 1 heterocycles. The molecule has 34 heavy (non-hydrogen) atoms. The number of hydrogen-bond acceptors (Lipinski definition) is 9. The smallest absolute Gasteiger partial charge is 0.338 e. The second kappa shape index (κ2) is 9.91. The minimum absolute atomic E-state index is 0.0995. The first-order chi connectivity index (χ1) is 16.1. The molecule has 12 heteroatoms. The molecule has 0 fully saturated rings. The number of esters is 1. The monoisotopic (exact) mass is 492 g/mol. The summed E-state index contributed by atoms with van der Waals surface area (Å²) in [6, 6.07) is 6.50. The van der Waals surface area contributed by atoms with Crippen molar-refractivity contribution in [3.8, 4) is 23.0 Å². The van der Waals surface area contributed by atoms with Gasteiger partial charge in [-0.2, -0.15) is 0 Å². The number of carbonyl (C=O) groups excluding carboxylic acids is 2. The second-order valence-electron chi connectivity index (χ2n) is 7.12. The summed E-state index contributed by atoms with van der Waals surface area (Å²) in [6.07, 6.45) is 0. The summed E-state index contributed by atoms with van der Waals surface area (Å²) < 4.78 is 46.7. The van der Waals surface area contributed by atoms with Crippen LogP contribution in [0.2, 0.25) is 0 Å². The van der Waals surface area contributed by atoms with Crippen LogP contribution in [0.15, 0.2) is 52.6 Å². The van der Waals surface area contributed by atoms with E-state index in [4.69, 9.17) is 18.9 Å². The molecule has 0 radical (unpaired) electrons. The average molecular weight is 493 g/mol. The Hall–Kier alpha value is -3.93. The van der Waals surface area contributed by atoms with E-state index in [1.54, 1.807) is 0 Å². The normalized spacial score (nSPS) is 15.8. The molecule has 0 aliphatic carbocycles. The van der Waals surface area contributed by atoms with E-state index in [0.29, 0.717) is 11.3 Å². The van der Waals surface area contributed by atoms with Crippen LogP contribution in [-0.4, -0.2) is 59.7 Å². The molecular weight excluding hydrogens is 468 g/mol. The number of aromatic hydroxyl groups is 1. The summed E-state index contributed by atoms with van der Waals surface area (Å²) in [5.41, 5.74) is 0.104. The van der Waals surface area contributed by atoms with Crippen molar-refractivity contribution in [2.45, 2.75) is 10.9 Å². The molecule has 2 aromatic rings. The van der Waals surface area contributed by atoms with Crippen molar-refractivity contribution in [3.05, 3.63) is 53.2 Å². The number of amides is 2. The lowest BCUT2D eigenvalue weighted by Crippen LogP contribution is -2.47. The molecule has 0 aromatic heterocycles. The maximum absolute atomic E-state index is 13.2. The molecule has 3 N–H and O–H groups in total. The lowest BCUT2D eigenvalue weighted by atomic mass is 9.95. The number of urea groups is 1. The van der Waals surface area contributed by atoms with E-state index in [1.807, 2.05) is 0 Å². The van der Waals surface area contributed by atoms with E-state index in [-0.39, 0.29) is 33.4 Å². The van der Waals surface area contributed by atoms with Gasteiger partial charge >= 0.3 is 12.0 Å². The molecule has 0 unspecified atom stereocenters. The average Bonchev–Trinajstić information content (AvgIpc) is 2.82. The van der Waals surface area contributed by atoms with Crippen LogP contribution in [0, 0.1) is 0 Å². The minimum atomic E-state index is -4.05. The molecular formula is C22H24N2O9S. The maximum atomic E-state index is 13.2. The third kappa shape index (κ3) is 4.86. The molecule has 182 valence electrons. The van der Waals surface area contributed by atoms with E-state index in [2.05, 4.69) is 10.6 Å². The molecule has 1 aliphatic heterocycles. The van der Waals surface area contributed by atoms with Crippen molar-refractivity contribution in [1.82, 2.24) is 10.6 Å². The highest BCUT2D eigenvalue weighted by Crippen LogP contribution is 2.35. The lowest BCUT2D eigenvalue weighted by molar-refractivity contribution is -0.136.